The van der Waals surface area contributed by atoms with Crippen molar-refractivity contribution in [1.82, 2.24) is 9.80 Å². The van der Waals surface area contributed by atoms with Gasteiger partial charge in [-0.15, -0.1) is 0 Å². The molecule has 1 aromatic carbocycles. The molecule has 156 valence electrons. The number of hydrogen-bond donors (Lipinski definition) is 0. The molecule has 0 radical (unpaired) electrons. The second kappa shape index (κ2) is 8.14. The minimum absolute atomic E-state index is 0.0390. The molecule has 3 heterocycles. The van der Waals surface area contributed by atoms with Gasteiger partial charge in [0.1, 0.15) is 6.10 Å². The van der Waals surface area contributed by atoms with Gasteiger partial charge in [0.25, 0.3) is 5.91 Å². The zero-order chi connectivity index (χ0) is 20.4. The van der Waals surface area contributed by atoms with Crippen LogP contribution in [-0.2, 0) is 14.3 Å². The lowest BCUT2D eigenvalue weighted by Gasteiger charge is -2.36. The van der Waals surface area contributed by atoms with Crippen LogP contribution >= 0.6 is 0 Å². The Labute approximate surface area is 170 Å². The topological polar surface area (TPSA) is 76.2 Å². The van der Waals surface area contributed by atoms with Gasteiger partial charge in [0.15, 0.2) is 0 Å². The monoisotopic (exact) mass is 400 g/mol. The lowest BCUT2D eigenvalue weighted by molar-refractivity contribution is -0.150. The number of cyclic esters (lactones) is 1. The van der Waals surface area contributed by atoms with Gasteiger partial charge in [-0.2, -0.15) is 0 Å². The number of ether oxygens (including phenoxy) is 2. The summed E-state index contributed by atoms with van der Waals surface area (Å²) < 4.78 is 10.5. The number of nitrogens with zero attached hydrogens (tertiary/aromatic N) is 2. The normalized spacial score (nSPS) is 24.0. The number of rotatable bonds is 4. The highest BCUT2D eigenvalue weighted by Crippen LogP contribution is 2.43. The quantitative estimate of drug-likeness (QED) is 0.721. The van der Waals surface area contributed by atoms with E-state index in [0.717, 1.165) is 26.1 Å². The Morgan fingerprint density at radius 2 is 1.76 bits per heavy atom. The van der Waals surface area contributed by atoms with Crippen LogP contribution in [0.1, 0.15) is 52.8 Å². The SMILES string of the molecule is COC(=O)c1ccccc1C(=O)N1CCC2(CC1)CC(CN1CCCC1)OC2=O. The first-order valence-corrected chi connectivity index (χ1v) is 10.4. The first-order valence-electron chi connectivity index (χ1n) is 10.4. The highest BCUT2D eigenvalue weighted by atomic mass is 16.6. The molecule has 3 fully saturated rings. The standard InChI is InChI=1S/C22H28N2O5/c1-28-20(26)18-7-3-2-6-17(18)19(25)24-12-8-22(9-13-24)14-16(29-21(22)27)15-23-10-4-5-11-23/h2-3,6-7,16H,4-5,8-15H2,1H3. The average molecular weight is 400 g/mol. The Kier molecular flexibility index (Phi) is 5.58. The zero-order valence-electron chi connectivity index (χ0n) is 16.9. The Morgan fingerprint density at radius 1 is 1.10 bits per heavy atom. The summed E-state index contributed by atoms with van der Waals surface area (Å²) in [6.07, 6.45) is 4.35. The second-order valence-corrected chi connectivity index (χ2v) is 8.35. The Balaban J connectivity index is 1.40. The Hall–Kier alpha value is -2.41. The molecule has 0 aliphatic carbocycles. The van der Waals surface area contributed by atoms with E-state index >= 15 is 0 Å². The van der Waals surface area contributed by atoms with Crippen LogP contribution in [0.25, 0.3) is 0 Å². The Bertz CT molecular complexity index is 794. The van der Waals surface area contributed by atoms with Gasteiger partial charge in [-0.05, 0) is 50.9 Å². The molecule has 0 saturated carbocycles. The Morgan fingerprint density at radius 3 is 2.41 bits per heavy atom. The van der Waals surface area contributed by atoms with Gasteiger partial charge >= 0.3 is 11.9 Å². The van der Waals surface area contributed by atoms with Crippen LogP contribution < -0.4 is 0 Å². The fourth-order valence-corrected chi connectivity index (χ4v) is 4.87. The summed E-state index contributed by atoms with van der Waals surface area (Å²) in [6.45, 7) is 3.97. The second-order valence-electron chi connectivity index (χ2n) is 8.35. The number of piperidine rings is 1. The zero-order valence-corrected chi connectivity index (χ0v) is 16.9. The number of methoxy groups -OCH3 is 1. The van der Waals surface area contributed by atoms with Crippen molar-refractivity contribution in [2.75, 3.05) is 39.8 Å². The highest BCUT2D eigenvalue weighted by molar-refractivity contribution is 6.05. The van der Waals surface area contributed by atoms with Crippen molar-refractivity contribution < 1.29 is 23.9 Å². The van der Waals surface area contributed by atoms with E-state index in [1.807, 2.05) is 0 Å². The summed E-state index contributed by atoms with van der Waals surface area (Å²) in [5, 5.41) is 0. The van der Waals surface area contributed by atoms with Crippen molar-refractivity contribution in [1.29, 1.82) is 0 Å². The largest absolute Gasteiger partial charge is 0.465 e. The van der Waals surface area contributed by atoms with Crippen LogP contribution in [0.4, 0.5) is 0 Å². The van der Waals surface area contributed by atoms with Gasteiger partial charge < -0.3 is 14.4 Å². The molecule has 0 N–H and O–H groups in total. The predicted molar refractivity (Wildman–Crippen MR) is 106 cm³/mol. The van der Waals surface area contributed by atoms with E-state index < -0.39 is 11.4 Å². The smallest absolute Gasteiger partial charge is 0.338 e. The predicted octanol–water partition coefficient (Wildman–Crippen LogP) is 2.11. The van der Waals surface area contributed by atoms with Gasteiger partial charge in [-0.1, -0.05) is 12.1 Å². The number of hydrogen-bond acceptors (Lipinski definition) is 6. The highest BCUT2D eigenvalue weighted by Gasteiger charge is 2.51. The van der Waals surface area contributed by atoms with Gasteiger partial charge in [-0.25, -0.2) is 4.79 Å². The minimum Gasteiger partial charge on any atom is -0.465 e. The number of amides is 1. The molecule has 3 aliphatic rings. The van der Waals surface area contributed by atoms with E-state index in [0.29, 0.717) is 31.5 Å². The van der Waals surface area contributed by atoms with E-state index in [2.05, 4.69) is 4.90 Å². The molecule has 7 heteroatoms. The van der Waals surface area contributed by atoms with Crippen LogP contribution in [0.3, 0.4) is 0 Å². The van der Waals surface area contributed by atoms with Crippen molar-refractivity contribution in [3.63, 3.8) is 0 Å². The molecule has 1 unspecified atom stereocenters. The number of carbonyl (C=O) groups is 3. The van der Waals surface area contributed by atoms with Gasteiger partial charge in [0.2, 0.25) is 0 Å². The molecule has 0 bridgehead atoms. The number of likely N-dealkylation sites (tertiary alicyclic amines) is 2. The number of esters is 2. The molecular formula is C22H28N2O5. The molecule has 1 amide bonds. The molecule has 1 spiro atoms. The fraction of sp³-hybridized carbons (Fsp3) is 0.591. The van der Waals surface area contributed by atoms with Crippen LogP contribution in [0.5, 0.6) is 0 Å². The fourth-order valence-electron chi connectivity index (χ4n) is 4.87. The first kappa shape index (κ1) is 19.9. The molecule has 3 saturated heterocycles. The maximum Gasteiger partial charge on any atom is 0.338 e. The van der Waals surface area contributed by atoms with Crippen LogP contribution in [0.2, 0.25) is 0 Å². The summed E-state index contributed by atoms with van der Waals surface area (Å²) in [4.78, 5) is 41.8. The molecular weight excluding hydrogens is 372 g/mol. The summed E-state index contributed by atoms with van der Waals surface area (Å²) in [5.41, 5.74) is 0.144. The number of carbonyl (C=O) groups excluding carboxylic acids is 3. The molecule has 4 rings (SSSR count). The third kappa shape index (κ3) is 3.88. The van der Waals surface area contributed by atoms with Crippen LogP contribution in [-0.4, -0.2) is 73.6 Å². The van der Waals surface area contributed by atoms with Crippen molar-refractivity contribution >= 4 is 17.8 Å². The van der Waals surface area contributed by atoms with E-state index in [1.165, 1.54) is 20.0 Å². The summed E-state index contributed by atoms with van der Waals surface area (Å²) in [6, 6.07) is 6.70. The van der Waals surface area contributed by atoms with Crippen LogP contribution in [0, 0.1) is 5.41 Å². The van der Waals surface area contributed by atoms with Crippen molar-refractivity contribution in [2.24, 2.45) is 5.41 Å². The molecule has 1 atom stereocenters. The molecule has 3 aliphatic heterocycles. The minimum atomic E-state index is -0.522. The summed E-state index contributed by atoms with van der Waals surface area (Å²) in [5.74, 6) is -0.823. The third-order valence-corrected chi connectivity index (χ3v) is 6.56. The van der Waals surface area contributed by atoms with Gasteiger partial charge in [-0.3, -0.25) is 14.5 Å². The van der Waals surface area contributed by atoms with Gasteiger partial charge in [0, 0.05) is 26.1 Å². The van der Waals surface area contributed by atoms with Crippen molar-refractivity contribution in [3.05, 3.63) is 35.4 Å². The van der Waals surface area contributed by atoms with Crippen molar-refractivity contribution in [2.45, 2.75) is 38.2 Å². The van der Waals surface area contributed by atoms with Gasteiger partial charge in [0.05, 0.1) is 23.7 Å². The van der Waals surface area contributed by atoms with E-state index in [4.69, 9.17) is 9.47 Å². The molecule has 0 aromatic heterocycles. The third-order valence-electron chi connectivity index (χ3n) is 6.56. The van der Waals surface area contributed by atoms with Crippen LogP contribution in [0.15, 0.2) is 24.3 Å². The summed E-state index contributed by atoms with van der Waals surface area (Å²) >= 11 is 0. The maximum atomic E-state index is 13.0. The molecule has 29 heavy (non-hydrogen) atoms. The molecule has 1 aromatic rings. The first-order chi connectivity index (χ1) is 14.0. The lowest BCUT2D eigenvalue weighted by Crippen LogP contribution is -2.45. The lowest BCUT2D eigenvalue weighted by atomic mass is 9.76. The van der Waals surface area contributed by atoms with E-state index in [-0.39, 0.29) is 23.5 Å². The number of benzene rings is 1. The van der Waals surface area contributed by atoms with Crippen molar-refractivity contribution in [3.8, 4) is 0 Å². The maximum absolute atomic E-state index is 13.0. The summed E-state index contributed by atoms with van der Waals surface area (Å²) in [7, 11) is 1.30. The average Bonchev–Trinajstić information content (AvgIpc) is 3.36. The van der Waals surface area contributed by atoms with E-state index in [9.17, 15) is 14.4 Å². The molecule has 7 nitrogen and oxygen atoms in total. The van der Waals surface area contributed by atoms with E-state index in [1.54, 1.807) is 29.2 Å².